The predicted octanol–water partition coefficient (Wildman–Crippen LogP) is 2.35. The van der Waals surface area contributed by atoms with Crippen molar-refractivity contribution in [2.75, 3.05) is 14.2 Å². The van der Waals surface area contributed by atoms with Crippen LogP contribution in [0.2, 0.25) is 0 Å². The lowest BCUT2D eigenvalue weighted by molar-refractivity contribution is 0.102. The highest BCUT2D eigenvalue weighted by molar-refractivity contribution is 5.39. The van der Waals surface area contributed by atoms with Gasteiger partial charge in [0.1, 0.15) is 11.4 Å². The summed E-state index contributed by atoms with van der Waals surface area (Å²) in [5, 5.41) is 10.7. The highest BCUT2D eigenvalue weighted by Crippen LogP contribution is 2.31. The van der Waals surface area contributed by atoms with Gasteiger partial charge in [-0.15, -0.1) is 0 Å². The van der Waals surface area contributed by atoms with Gasteiger partial charge in [0.25, 0.3) is 0 Å². The third-order valence-electron chi connectivity index (χ3n) is 3.16. The second kappa shape index (κ2) is 5.28. The highest BCUT2D eigenvalue weighted by Gasteiger charge is 2.26. The number of hydrogen-bond donors (Lipinski definition) is 1. The monoisotopic (exact) mass is 259 g/mol. The molecule has 0 bridgehead atoms. The average molecular weight is 259 g/mol. The van der Waals surface area contributed by atoms with E-state index in [4.69, 9.17) is 9.47 Å². The van der Waals surface area contributed by atoms with Crippen LogP contribution in [0, 0.1) is 0 Å². The Hall–Kier alpha value is -2.07. The van der Waals surface area contributed by atoms with E-state index in [1.54, 1.807) is 39.5 Å². The Kier molecular flexibility index (Phi) is 3.71. The maximum Gasteiger partial charge on any atom is 0.213 e. The average Bonchev–Trinajstić information content (AvgIpc) is 2.47. The zero-order valence-electron chi connectivity index (χ0n) is 11.3. The van der Waals surface area contributed by atoms with Crippen LogP contribution in [-0.4, -0.2) is 24.3 Å². The lowest BCUT2D eigenvalue weighted by Crippen LogP contribution is -2.22. The number of benzene rings is 1. The molecule has 0 fully saturated rings. The van der Waals surface area contributed by atoms with Gasteiger partial charge in [0.2, 0.25) is 5.88 Å². The molecule has 0 saturated carbocycles. The fourth-order valence-electron chi connectivity index (χ4n) is 1.91. The summed E-state index contributed by atoms with van der Waals surface area (Å²) in [5.41, 5.74) is 0.397. The number of ether oxygens (including phenoxy) is 2. The molecule has 2 rings (SSSR count). The Balaban J connectivity index is 2.38. The van der Waals surface area contributed by atoms with Crippen LogP contribution in [-0.2, 0) is 5.60 Å². The maximum atomic E-state index is 10.7. The Bertz CT molecular complexity index is 550. The number of aromatic nitrogens is 1. The Labute approximate surface area is 112 Å². The molecule has 0 aliphatic carbocycles. The van der Waals surface area contributed by atoms with E-state index < -0.39 is 5.60 Å². The van der Waals surface area contributed by atoms with Crippen molar-refractivity contribution >= 4 is 0 Å². The van der Waals surface area contributed by atoms with E-state index in [9.17, 15) is 5.11 Å². The first-order valence-electron chi connectivity index (χ1n) is 5.95. The number of nitrogens with zero attached hydrogens (tertiary/aromatic N) is 1. The van der Waals surface area contributed by atoms with E-state index in [1.807, 2.05) is 24.3 Å². The van der Waals surface area contributed by atoms with Crippen molar-refractivity contribution in [2.45, 2.75) is 12.5 Å². The van der Waals surface area contributed by atoms with Gasteiger partial charge in [-0.25, -0.2) is 4.98 Å². The van der Waals surface area contributed by atoms with E-state index >= 15 is 0 Å². The molecule has 0 aliphatic rings. The first-order valence-corrected chi connectivity index (χ1v) is 5.95. The van der Waals surface area contributed by atoms with Gasteiger partial charge in [0.15, 0.2) is 0 Å². The lowest BCUT2D eigenvalue weighted by Gasteiger charge is -2.24. The van der Waals surface area contributed by atoms with Crippen LogP contribution < -0.4 is 9.47 Å². The van der Waals surface area contributed by atoms with Gasteiger partial charge >= 0.3 is 0 Å². The van der Waals surface area contributed by atoms with Crippen LogP contribution in [0.5, 0.6) is 11.6 Å². The van der Waals surface area contributed by atoms with Crippen LogP contribution in [0.25, 0.3) is 0 Å². The predicted molar refractivity (Wildman–Crippen MR) is 72.5 cm³/mol. The first-order chi connectivity index (χ1) is 9.07. The minimum absolute atomic E-state index is 0.478. The molecule has 0 saturated heterocycles. The summed E-state index contributed by atoms with van der Waals surface area (Å²) in [5.74, 6) is 1.23. The van der Waals surface area contributed by atoms with Gasteiger partial charge in [0, 0.05) is 12.3 Å². The second-order valence-electron chi connectivity index (χ2n) is 4.39. The van der Waals surface area contributed by atoms with Crippen molar-refractivity contribution < 1.29 is 14.6 Å². The molecule has 0 spiro atoms. The largest absolute Gasteiger partial charge is 0.497 e. The van der Waals surface area contributed by atoms with Crippen LogP contribution >= 0.6 is 0 Å². The minimum Gasteiger partial charge on any atom is -0.497 e. The number of aliphatic hydroxyl groups is 1. The van der Waals surface area contributed by atoms with E-state index in [2.05, 4.69) is 4.98 Å². The van der Waals surface area contributed by atoms with Gasteiger partial charge in [0.05, 0.1) is 14.2 Å². The molecule has 1 aromatic carbocycles. The van der Waals surface area contributed by atoms with E-state index in [0.717, 1.165) is 16.9 Å². The van der Waals surface area contributed by atoms with Crippen molar-refractivity contribution in [3.05, 3.63) is 53.7 Å². The third-order valence-corrected chi connectivity index (χ3v) is 3.16. The van der Waals surface area contributed by atoms with Crippen LogP contribution in [0.3, 0.4) is 0 Å². The van der Waals surface area contributed by atoms with Gasteiger partial charge in [-0.05, 0) is 36.2 Å². The van der Waals surface area contributed by atoms with Crippen molar-refractivity contribution in [2.24, 2.45) is 0 Å². The molecule has 0 amide bonds. The van der Waals surface area contributed by atoms with Crippen LogP contribution in [0.4, 0.5) is 0 Å². The highest BCUT2D eigenvalue weighted by atomic mass is 16.5. The molecule has 0 aliphatic heterocycles. The fourth-order valence-corrected chi connectivity index (χ4v) is 1.91. The van der Waals surface area contributed by atoms with E-state index in [0.29, 0.717) is 5.88 Å². The van der Waals surface area contributed by atoms with E-state index in [1.165, 1.54) is 0 Å². The molecule has 1 aromatic heterocycles. The SMILES string of the molecule is COc1ccc([C@@](C)(O)c2ccnc(OC)c2)cc1. The number of methoxy groups -OCH3 is 2. The maximum absolute atomic E-state index is 10.7. The van der Waals surface area contributed by atoms with Gasteiger partial charge in [-0.1, -0.05) is 12.1 Å². The summed E-state index contributed by atoms with van der Waals surface area (Å²) < 4.78 is 10.2. The summed E-state index contributed by atoms with van der Waals surface area (Å²) in [6, 6.07) is 10.8. The number of hydrogen-bond acceptors (Lipinski definition) is 4. The summed E-state index contributed by atoms with van der Waals surface area (Å²) in [4.78, 5) is 4.04. The van der Waals surface area contributed by atoms with Crippen molar-refractivity contribution in [1.82, 2.24) is 4.98 Å². The van der Waals surface area contributed by atoms with Crippen LogP contribution in [0.1, 0.15) is 18.1 Å². The number of rotatable bonds is 4. The third kappa shape index (κ3) is 2.69. The topological polar surface area (TPSA) is 51.6 Å². The Morgan fingerprint density at radius 1 is 1.00 bits per heavy atom. The second-order valence-corrected chi connectivity index (χ2v) is 4.39. The molecule has 2 aromatic rings. The standard InChI is InChI=1S/C15H17NO3/c1-15(17,11-4-6-13(18-2)7-5-11)12-8-9-16-14(10-12)19-3/h4-10,17H,1-3H3/t15-/m1/s1. The molecule has 0 unspecified atom stereocenters. The van der Waals surface area contributed by atoms with E-state index in [-0.39, 0.29) is 0 Å². The smallest absolute Gasteiger partial charge is 0.213 e. The summed E-state index contributed by atoms with van der Waals surface area (Å²) in [6.07, 6.45) is 1.62. The quantitative estimate of drug-likeness (QED) is 0.915. The Morgan fingerprint density at radius 2 is 1.68 bits per heavy atom. The van der Waals surface area contributed by atoms with Crippen LogP contribution in [0.15, 0.2) is 42.6 Å². The van der Waals surface area contributed by atoms with Crippen molar-refractivity contribution in [3.8, 4) is 11.6 Å². The summed E-state index contributed by atoms with van der Waals surface area (Å²) >= 11 is 0. The summed E-state index contributed by atoms with van der Waals surface area (Å²) in [7, 11) is 3.16. The van der Waals surface area contributed by atoms with Gasteiger partial charge in [-0.3, -0.25) is 0 Å². The zero-order chi connectivity index (χ0) is 13.9. The van der Waals surface area contributed by atoms with Gasteiger partial charge < -0.3 is 14.6 Å². The molecule has 4 heteroatoms. The van der Waals surface area contributed by atoms with Crippen molar-refractivity contribution in [1.29, 1.82) is 0 Å². The molecule has 1 heterocycles. The van der Waals surface area contributed by atoms with Crippen molar-refractivity contribution in [3.63, 3.8) is 0 Å². The summed E-state index contributed by atoms with van der Waals surface area (Å²) in [6.45, 7) is 1.74. The lowest BCUT2D eigenvalue weighted by atomic mass is 9.89. The molecule has 1 N–H and O–H groups in total. The molecule has 4 nitrogen and oxygen atoms in total. The normalized spacial score (nSPS) is 13.7. The molecular formula is C15H17NO3. The molecule has 1 atom stereocenters. The molecule has 0 radical (unpaired) electrons. The fraction of sp³-hybridized carbons (Fsp3) is 0.267. The minimum atomic E-state index is -1.11. The number of pyridine rings is 1. The molecular weight excluding hydrogens is 242 g/mol. The zero-order valence-corrected chi connectivity index (χ0v) is 11.3. The van der Waals surface area contributed by atoms with Gasteiger partial charge in [-0.2, -0.15) is 0 Å². The molecule has 19 heavy (non-hydrogen) atoms. The molecule has 100 valence electrons. The first kappa shape index (κ1) is 13.4. The Morgan fingerprint density at radius 3 is 2.26 bits per heavy atom.